The third kappa shape index (κ3) is 2.74. The van der Waals surface area contributed by atoms with Crippen LogP contribution in [0.25, 0.3) is 0 Å². The fourth-order valence-electron chi connectivity index (χ4n) is 2.41. The lowest BCUT2D eigenvalue weighted by molar-refractivity contribution is -0.120. The lowest BCUT2D eigenvalue weighted by atomic mass is 10.1. The summed E-state index contributed by atoms with van der Waals surface area (Å²) in [4.78, 5) is 27.1. The molecule has 4 nitrogen and oxygen atoms in total. The van der Waals surface area contributed by atoms with E-state index in [0.29, 0.717) is 31.7 Å². The lowest BCUT2D eigenvalue weighted by Crippen LogP contribution is -2.47. The number of Topliss-reactive ketones (excluding diaryl/α,β-unsaturated/α-hetero) is 1. The molecule has 0 unspecified atom stereocenters. The summed E-state index contributed by atoms with van der Waals surface area (Å²) in [5.74, 6) is 0.292. The van der Waals surface area contributed by atoms with Crippen molar-refractivity contribution in [2.45, 2.75) is 38.5 Å². The first-order chi connectivity index (χ1) is 7.77. The SMILES string of the molecule is O=C1CCN(C(=O)N2CCCCCC2)CC1. The topological polar surface area (TPSA) is 40.6 Å². The summed E-state index contributed by atoms with van der Waals surface area (Å²) in [6, 6.07) is 0.148. The van der Waals surface area contributed by atoms with E-state index in [2.05, 4.69) is 0 Å². The zero-order chi connectivity index (χ0) is 11.4. The van der Waals surface area contributed by atoms with Crippen LogP contribution in [-0.2, 0) is 4.79 Å². The molecule has 0 aliphatic carbocycles. The van der Waals surface area contributed by atoms with Crippen LogP contribution in [0.15, 0.2) is 0 Å². The Balaban J connectivity index is 1.87. The molecule has 2 fully saturated rings. The van der Waals surface area contributed by atoms with Crippen molar-refractivity contribution < 1.29 is 9.59 Å². The van der Waals surface area contributed by atoms with Crippen LogP contribution < -0.4 is 0 Å². The van der Waals surface area contributed by atoms with Crippen molar-refractivity contribution in [3.05, 3.63) is 0 Å². The van der Waals surface area contributed by atoms with E-state index < -0.39 is 0 Å². The summed E-state index contributed by atoms with van der Waals surface area (Å²) >= 11 is 0. The molecule has 90 valence electrons. The van der Waals surface area contributed by atoms with Gasteiger partial charge in [0.15, 0.2) is 0 Å². The second kappa shape index (κ2) is 5.32. The van der Waals surface area contributed by atoms with Gasteiger partial charge in [0.2, 0.25) is 0 Å². The number of likely N-dealkylation sites (tertiary alicyclic amines) is 2. The number of carbonyl (C=O) groups excluding carboxylic acids is 2. The minimum atomic E-state index is 0.148. The molecule has 0 aromatic rings. The Hall–Kier alpha value is -1.06. The van der Waals surface area contributed by atoms with E-state index in [1.54, 1.807) is 0 Å². The van der Waals surface area contributed by atoms with Gasteiger partial charge in [0.1, 0.15) is 5.78 Å². The van der Waals surface area contributed by atoms with Gasteiger partial charge in [-0.05, 0) is 12.8 Å². The molecule has 0 bridgehead atoms. The third-order valence-corrected chi connectivity index (χ3v) is 3.47. The fourth-order valence-corrected chi connectivity index (χ4v) is 2.41. The van der Waals surface area contributed by atoms with Crippen molar-refractivity contribution in [2.24, 2.45) is 0 Å². The van der Waals surface area contributed by atoms with Crippen LogP contribution in [0.1, 0.15) is 38.5 Å². The third-order valence-electron chi connectivity index (χ3n) is 3.47. The molecule has 0 N–H and O–H groups in total. The van der Waals surface area contributed by atoms with Gasteiger partial charge in [-0.1, -0.05) is 12.8 Å². The van der Waals surface area contributed by atoms with Gasteiger partial charge in [-0.2, -0.15) is 0 Å². The van der Waals surface area contributed by atoms with Crippen molar-refractivity contribution in [3.63, 3.8) is 0 Å². The molecule has 0 radical (unpaired) electrons. The maximum absolute atomic E-state index is 12.2. The van der Waals surface area contributed by atoms with E-state index in [9.17, 15) is 9.59 Å². The van der Waals surface area contributed by atoms with Gasteiger partial charge < -0.3 is 9.80 Å². The average molecular weight is 224 g/mol. The Labute approximate surface area is 96.6 Å². The molecule has 0 aromatic heterocycles. The average Bonchev–Trinajstić information content (AvgIpc) is 2.57. The molecule has 16 heavy (non-hydrogen) atoms. The minimum Gasteiger partial charge on any atom is -0.325 e. The number of rotatable bonds is 0. The first-order valence-corrected chi connectivity index (χ1v) is 6.33. The van der Waals surface area contributed by atoms with Crippen LogP contribution in [-0.4, -0.2) is 47.8 Å². The summed E-state index contributed by atoms with van der Waals surface area (Å²) in [6.45, 7) is 3.02. The van der Waals surface area contributed by atoms with Crippen LogP contribution in [0.2, 0.25) is 0 Å². The van der Waals surface area contributed by atoms with Crippen molar-refractivity contribution in [3.8, 4) is 0 Å². The fraction of sp³-hybridized carbons (Fsp3) is 0.833. The predicted octanol–water partition coefficient (Wildman–Crippen LogP) is 1.65. The summed E-state index contributed by atoms with van der Waals surface area (Å²) in [5.41, 5.74) is 0. The molecular formula is C12H20N2O2. The van der Waals surface area contributed by atoms with Gasteiger partial charge in [0, 0.05) is 39.0 Å². The smallest absolute Gasteiger partial charge is 0.320 e. The Kier molecular flexibility index (Phi) is 3.80. The molecule has 2 aliphatic rings. The molecule has 0 saturated carbocycles. The Bertz CT molecular complexity index is 260. The van der Waals surface area contributed by atoms with Gasteiger partial charge in [-0.3, -0.25) is 4.79 Å². The summed E-state index contributed by atoms with van der Waals surface area (Å²) < 4.78 is 0. The number of carbonyl (C=O) groups is 2. The number of urea groups is 1. The highest BCUT2D eigenvalue weighted by Gasteiger charge is 2.25. The minimum absolute atomic E-state index is 0.148. The van der Waals surface area contributed by atoms with E-state index in [0.717, 1.165) is 25.9 Å². The first-order valence-electron chi connectivity index (χ1n) is 6.33. The molecule has 0 spiro atoms. The Morgan fingerprint density at radius 3 is 1.88 bits per heavy atom. The molecule has 4 heteroatoms. The van der Waals surface area contributed by atoms with Crippen LogP contribution >= 0.6 is 0 Å². The quantitative estimate of drug-likeness (QED) is 0.627. The normalized spacial score (nSPS) is 23.1. The highest BCUT2D eigenvalue weighted by Crippen LogP contribution is 2.14. The molecule has 2 heterocycles. The van der Waals surface area contributed by atoms with Crippen LogP contribution in [0.5, 0.6) is 0 Å². The molecule has 0 aromatic carbocycles. The number of ketones is 1. The largest absolute Gasteiger partial charge is 0.325 e. The summed E-state index contributed by atoms with van der Waals surface area (Å²) in [6.07, 6.45) is 5.81. The van der Waals surface area contributed by atoms with E-state index in [1.165, 1.54) is 12.8 Å². The maximum atomic E-state index is 12.2. The first kappa shape index (κ1) is 11.4. The number of hydrogen-bond donors (Lipinski definition) is 0. The molecule has 2 saturated heterocycles. The van der Waals surface area contributed by atoms with E-state index in [1.807, 2.05) is 9.80 Å². The van der Waals surface area contributed by atoms with Crippen molar-refractivity contribution in [2.75, 3.05) is 26.2 Å². The maximum Gasteiger partial charge on any atom is 0.320 e. The molecule has 2 amide bonds. The van der Waals surface area contributed by atoms with Crippen molar-refractivity contribution >= 4 is 11.8 Å². The Morgan fingerprint density at radius 2 is 1.31 bits per heavy atom. The molecule has 2 aliphatic heterocycles. The van der Waals surface area contributed by atoms with Crippen LogP contribution in [0.3, 0.4) is 0 Å². The van der Waals surface area contributed by atoms with E-state index in [4.69, 9.17) is 0 Å². The second-order valence-electron chi connectivity index (χ2n) is 4.71. The van der Waals surface area contributed by atoms with E-state index in [-0.39, 0.29) is 6.03 Å². The molecule has 0 atom stereocenters. The standard InChI is InChI=1S/C12H20N2O2/c15-11-5-9-14(10-6-11)12(16)13-7-3-1-2-4-8-13/h1-10H2. The number of piperidine rings is 1. The van der Waals surface area contributed by atoms with Crippen LogP contribution in [0, 0.1) is 0 Å². The highest BCUT2D eigenvalue weighted by molar-refractivity contribution is 5.82. The van der Waals surface area contributed by atoms with Crippen LogP contribution in [0.4, 0.5) is 4.79 Å². The van der Waals surface area contributed by atoms with Gasteiger partial charge in [0.05, 0.1) is 0 Å². The van der Waals surface area contributed by atoms with Gasteiger partial charge in [0.25, 0.3) is 0 Å². The number of hydrogen-bond acceptors (Lipinski definition) is 2. The molecular weight excluding hydrogens is 204 g/mol. The van der Waals surface area contributed by atoms with Gasteiger partial charge in [-0.15, -0.1) is 0 Å². The zero-order valence-electron chi connectivity index (χ0n) is 9.78. The van der Waals surface area contributed by atoms with Crippen molar-refractivity contribution in [1.82, 2.24) is 9.80 Å². The summed E-state index contributed by atoms with van der Waals surface area (Å²) in [7, 11) is 0. The second-order valence-corrected chi connectivity index (χ2v) is 4.71. The van der Waals surface area contributed by atoms with Gasteiger partial charge >= 0.3 is 6.03 Å². The van der Waals surface area contributed by atoms with Crippen molar-refractivity contribution in [1.29, 1.82) is 0 Å². The summed E-state index contributed by atoms with van der Waals surface area (Å²) in [5, 5.41) is 0. The lowest BCUT2D eigenvalue weighted by Gasteiger charge is -2.32. The zero-order valence-corrected chi connectivity index (χ0v) is 9.78. The van der Waals surface area contributed by atoms with E-state index >= 15 is 0 Å². The monoisotopic (exact) mass is 224 g/mol. The highest BCUT2D eigenvalue weighted by atomic mass is 16.2. The van der Waals surface area contributed by atoms with Gasteiger partial charge in [-0.25, -0.2) is 4.79 Å². The predicted molar refractivity (Wildman–Crippen MR) is 61.3 cm³/mol. The molecule has 2 rings (SSSR count). The number of nitrogens with zero attached hydrogens (tertiary/aromatic N) is 2. The Morgan fingerprint density at radius 1 is 0.812 bits per heavy atom. The number of amides is 2.